The van der Waals surface area contributed by atoms with Crippen molar-refractivity contribution in [3.8, 4) is 29.1 Å². The van der Waals surface area contributed by atoms with Crippen LogP contribution in [0, 0.1) is 35.5 Å². The number of aromatic hydroxyl groups is 2. The number of esters is 2. The summed E-state index contributed by atoms with van der Waals surface area (Å²) in [6, 6.07) is 14.2. The average Bonchev–Trinajstić information content (AvgIpc) is 3.20. The lowest BCUT2D eigenvalue weighted by Gasteiger charge is -2.56. The minimum Gasteiger partial charge on any atom is -0.508 e. The molecule has 0 aromatic heterocycles. The van der Waals surface area contributed by atoms with E-state index in [1.165, 1.54) is 18.2 Å². The molecule has 2 aliphatic carbocycles. The summed E-state index contributed by atoms with van der Waals surface area (Å²) in [6.45, 7) is 3.51. The van der Waals surface area contributed by atoms with Crippen molar-refractivity contribution in [2.45, 2.75) is 121 Å². The zero-order valence-corrected chi connectivity index (χ0v) is 33.1. The summed E-state index contributed by atoms with van der Waals surface area (Å²) < 4.78 is 12.4. The summed E-state index contributed by atoms with van der Waals surface area (Å²) in [4.78, 5) is 42.0. The van der Waals surface area contributed by atoms with Crippen LogP contribution in [-0.2, 0) is 51.4 Å². The number of ether oxygens (including phenoxy) is 2. The van der Waals surface area contributed by atoms with Crippen LogP contribution in [0.3, 0.4) is 0 Å². The Morgan fingerprint density at radius 2 is 1.66 bits per heavy atom. The van der Waals surface area contributed by atoms with E-state index >= 15 is 0 Å². The van der Waals surface area contributed by atoms with Crippen molar-refractivity contribution in [3.05, 3.63) is 99.1 Å². The number of rotatable bonds is 4. The lowest BCUT2D eigenvalue weighted by Crippen LogP contribution is -2.63. The highest BCUT2D eigenvalue weighted by Crippen LogP contribution is 2.55. The second kappa shape index (κ2) is 16.0. The highest BCUT2D eigenvalue weighted by atomic mass is 16.6. The number of aliphatic hydroxyl groups excluding tert-OH is 2. The molecule has 3 heterocycles. The van der Waals surface area contributed by atoms with Crippen molar-refractivity contribution in [2.24, 2.45) is 23.7 Å². The molecule has 0 unspecified atom stereocenters. The van der Waals surface area contributed by atoms with Crippen LogP contribution in [0.2, 0.25) is 0 Å². The number of phenols is 2. The maximum atomic E-state index is 15.0. The molecule has 304 valence electrons. The van der Waals surface area contributed by atoms with Crippen LogP contribution in [0.4, 0.5) is 0 Å². The third-order valence-corrected chi connectivity index (χ3v) is 13.7. The van der Waals surface area contributed by atoms with Crippen LogP contribution < -0.4 is 4.74 Å². The average molecular weight is 789 g/mol. The smallest absolute Gasteiger partial charge is 0.334 e. The summed E-state index contributed by atoms with van der Waals surface area (Å²) in [7, 11) is 0. The third-order valence-electron chi connectivity index (χ3n) is 13.7. The van der Waals surface area contributed by atoms with Gasteiger partial charge in [0, 0.05) is 47.8 Å². The zero-order chi connectivity index (χ0) is 40.9. The Balaban J connectivity index is 1.38. The monoisotopic (exact) mass is 788 g/mol. The number of benzene rings is 3. The van der Waals surface area contributed by atoms with Crippen LogP contribution in [0.15, 0.2) is 60.2 Å². The Hall–Kier alpha value is -4.95. The quantitative estimate of drug-likeness (QED) is 0.119. The Morgan fingerprint density at radius 3 is 2.41 bits per heavy atom. The van der Waals surface area contributed by atoms with Crippen molar-refractivity contribution >= 4 is 17.7 Å². The lowest BCUT2D eigenvalue weighted by atomic mass is 9.53. The molecule has 0 saturated heterocycles. The fourth-order valence-electron chi connectivity index (χ4n) is 10.9. The van der Waals surface area contributed by atoms with Gasteiger partial charge in [-0.25, -0.2) is 4.79 Å². The normalized spacial score (nSPS) is 31.7. The van der Waals surface area contributed by atoms with Crippen LogP contribution in [-0.4, -0.2) is 61.1 Å². The predicted octanol–water partition coefficient (Wildman–Crippen LogP) is 6.04. The molecule has 58 heavy (non-hydrogen) atoms. The largest absolute Gasteiger partial charge is 0.508 e. The van der Waals surface area contributed by atoms with Gasteiger partial charge in [0.1, 0.15) is 34.7 Å². The number of aliphatic hydroxyl groups is 3. The number of fused-ring (bicyclic) bond motifs is 7. The molecule has 8 rings (SSSR count). The number of carbonyl (C=O) groups is 3. The van der Waals surface area contributed by atoms with Crippen molar-refractivity contribution in [2.75, 3.05) is 0 Å². The molecule has 5 N–H and O–H groups in total. The van der Waals surface area contributed by atoms with Gasteiger partial charge in [0.15, 0.2) is 0 Å². The Labute approximate surface area is 338 Å². The highest BCUT2D eigenvalue weighted by Gasteiger charge is 2.59. The van der Waals surface area contributed by atoms with Crippen molar-refractivity contribution in [1.82, 2.24) is 0 Å². The fraction of sp³-hybridized carbons (Fsp3) is 0.479. The third kappa shape index (κ3) is 7.33. The predicted molar refractivity (Wildman–Crippen MR) is 214 cm³/mol. The second-order valence-electron chi connectivity index (χ2n) is 17.0. The number of Topliss-reactive ketones (excluding diaryl/α,β-unsaturated/α-hetero) is 1. The van der Waals surface area contributed by atoms with E-state index in [2.05, 4.69) is 11.8 Å². The van der Waals surface area contributed by atoms with Gasteiger partial charge in [-0.15, -0.1) is 0 Å². The first-order valence-corrected chi connectivity index (χ1v) is 20.9. The van der Waals surface area contributed by atoms with Gasteiger partial charge in [-0.1, -0.05) is 62.4 Å². The first-order chi connectivity index (χ1) is 27.9. The van der Waals surface area contributed by atoms with Gasteiger partial charge in [-0.2, -0.15) is 0 Å². The summed E-state index contributed by atoms with van der Waals surface area (Å²) in [5.74, 6) is 2.85. The highest BCUT2D eigenvalue weighted by molar-refractivity contribution is 5.89. The minimum atomic E-state index is -1.60. The van der Waals surface area contributed by atoms with Gasteiger partial charge in [0.2, 0.25) is 0 Å². The van der Waals surface area contributed by atoms with E-state index in [0.29, 0.717) is 59.9 Å². The van der Waals surface area contributed by atoms with E-state index in [1.807, 2.05) is 38.1 Å². The molecule has 2 saturated carbocycles. The lowest BCUT2D eigenvalue weighted by molar-refractivity contribution is -0.212. The molecule has 10 heteroatoms. The van der Waals surface area contributed by atoms with Crippen molar-refractivity contribution in [1.29, 1.82) is 0 Å². The van der Waals surface area contributed by atoms with E-state index in [9.17, 15) is 39.9 Å². The summed E-state index contributed by atoms with van der Waals surface area (Å²) in [6.07, 6.45) is 2.58. The molecule has 0 spiro atoms. The molecule has 0 amide bonds. The molecule has 3 aromatic rings. The number of phenolic OH excluding ortho intramolecular Hbond substituents is 2. The molecular weight excluding hydrogens is 737 g/mol. The van der Waals surface area contributed by atoms with E-state index in [4.69, 9.17) is 9.47 Å². The van der Waals surface area contributed by atoms with E-state index < -0.39 is 47.5 Å². The van der Waals surface area contributed by atoms with E-state index in [1.54, 1.807) is 12.1 Å². The maximum absolute atomic E-state index is 15.0. The Morgan fingerprint density at radius 1 is 0.879 bits per heavy atom. The van der Waals surface area contributed by atoms with Gasteiger partial charge in [-0.05, 0) is 108 Å². The first kappa shape index (κ1) is 39.9. The maximum Gasteiger partial charge on any atom is 0.334 e. The number of carbonyl (C=O) groups excluding carboxylic acids is 3. The number of hydrogen-bond donors (Lipinski definition) is 5. The minimum absolute atomic E-state index is 0.0623. The molecule has 3 aliphatic heterocycles. The molecule has 0 radical (unpaired) electrons. The van der Waals surface area contributed by atoms with Crippen LogP contribution in [0.5, 0.6) is 17.2 Å². The van der Waals surface area contributed by atoms with E-state index in [0.717, 1.165) is 17.5 Å². The summed E-state index contributed by atoms with van der Waals surface area (Å²) in [5.41, 5.74) is 2.67. The molecule has 3 aromatic carbocycles. The fourth-order valence-corrected chi connectivity index (χ4v) is 10.9. The van der Waals surface area contributed by atoms with Gasteiger partial charge < -0.3 is 35.0 Å². The SMILES string of the molecule is CCc1c(O)c2cc3c1OC(=O)C[C@@H]3C#C[C@@H](c1cc(O)cc(CO)c1)C/C1=C/[C@@H](O)Cc3cccc(c3)C[C@@H]3C(=O)CC[C@@H]4[C@H]3CC[C@H](CC)[C@@]4(O)[C@@H](C2)OC1=O. The second-order valence-corrected chi connectivity index (χ2v) is 17.0. The molecule has 2 fully saturated rings. The molecule has 10 bridgehead atoms. The van der Waals surface area contributed by atoms with Gasteiger partial charge in [-0.3, -0.25) is 9.59 Å². The molecule has 9 atom stereocenters. The Bertz CT molecular complexity index is 2230. The number of hydrogen-bond acceptors (Lipinski definition) is 10. The van der Waals surface area contributed by atoms with Crippen molar-refractivity contribution < 1.29 is 49.4 Å². The zero-order valence-electron chi connectivity index (χ0n) is 33.1. The summed E-state index contributed by atoms with van der Waals surface area (Å²) >= 11 is 0. The standard InChI is InChI=1S/C48H52O10/c1-3-34-10-11-38-40-18-27-7-5-6-26(14-27)16-35(50)21-33-19-29(31-15-28(25-49)17-36(51)20-31)8-9-30-24-44(53)58-46-37(4-2)45(54)32(22-39(30)46)23-43(57-47(33)55)48(34,56)41(38)12-13-42(40)52/h5-7,14-15,17,20-22,29-30,34-35,38,40-41,43,49-51,54,56H,3-4,10-13,16,18-19,23-25H2,1-2H3/b33-21-/t29-,30+,34+,35+,38+,40+,41-,43-,48+/m1/s1. The van der Waals surface area contributed by atoms with Crippen molar-refractivity contribution in [3.63, 3.8) is 0 Å². The number of ketones is 1. The topological polar surface area (TPSA) is 171 Å². The Kier molecular flexibility index (Phi) is 11.0. The molecule has 10 nitrogen and oxygen atoms in total. The first-order valence-electron chi connectivity index (χ1n) is 20.9. The van der Waals surface area contributed by atoms with E-state index in [-0.39, 0.29) is 85.1 Å². The van der Waals surface area contributed by atoms with Gasteiger partial charge in [0.05, 0.1) is 25.0 Å². The molecular formula is C48H52O10. The summed E-state index contributed by atoms with van der Waals surface area (Å²) in [5, 5.41) is 58.0. The van der Waals surface area contributed by atoms with Gasteiger partial charge >= 0.3 is 11.9 Å². The van der Waals surface area contributed by atoms with Crippen LogP contribution >= 0.6 is 0 Å². The van der Waals surface area contributed by atoms with Crippen LogP contribution in [0.25, 0.3) is 0 Å². The molecule has 5 aliphatic rings. The van der Waals surface area contributed by atoms with Crippen LogP contribution in [0.1, 0.15) is 110 Å². The van der Waals surface area contributed by atoms with Gasteiger partial charge in [0.25, 0.3) is 0 Å².